The highest BCUT2D eigenvalue weighted by atomic mass is 127. The lowest BCUT2D eigenvalue weighted by molar-refractivity contribution is -0.117. The fraction of sp³-hybridized carbons (Fsp3) is 0.450. The van der Waals surface area contributed by atoms with Gasteiger partial charge in [0, 0.05) is 15.2 Å². The van der Waals surface area contributed by atoms with Crippen molar-refractivity contribution < 1.29 is 4.79 Å². The fourth-order valence-corrected chi connectivity index (χ4v) is 3.98. The van der Waals surface area contributed by atoms with Crippen LogP contribution in [0.2, 0.25) is 0 Å². The molecule has 1 aromatic carbocycles. The molecule has 2 aliphatic rings. The van der Waals surface area contributed by atoms with E-state index in [0.717, 1.165) is 44.2 Å². The van der Waals surface area contributed by atoms with Crippen LogP contribution in [0.3, 0.4) is 0 Å². The first kappa shape index (κ1) is 16.7. The first-order valence-electron chi connectivity index (χ1n) is 8.62. The largest absolute Gasteiger partial charge is 0.326 e. The standard InChI is InChI=1S/C20H24INO/c21-15-11-13-16(14-12-15)22-20(23)19-17-9-7-5-3-1-2-4-6-8-10-18(17)19/h3-6,11-14,17-19H,1-2,7-10H2,(H,22,23)/b5-3-,6-4+/t17-,18+,19?/m1/s1. The third-order valence-corrected chi connectivity index (χ3v) is 5.63. The molecule has 2 nitrogen and oxygen atoms in total. The van der Waals surface area contributed by atoms with E-state index >= 15 is 0 Å². The van der Waals surface area contributed by atoms with E-state index in [1.165, 1.54) is 3.57 Å². The van der Waals surface area contributed by atoms with Crippen LogP contribution < -0.4 is 5.32 Å². The van der Waals surface area contributed by atoms with E-state index in [9.17, 15) is 4.79 Å². The highest BCUT2D eigenvalue weighted by Crippen LogP contribution is 2.52. The van der Waals surface area contributed by atoms with Gasteiger partial charge in [0.15, 0.2) is 0 Å². The second-order valence-corrected chi connectivity index (χ2v) is 7.77. The molecule has 1 saturated carbocycles. The second-order valence-electron chi connectivity index (χ2n) is 6.52. The normalized spacial score (nSPS) is 30.2. The maximum atomic E-state index is 12.6. The lowest BCUT2D eigenvalue weighted by Gasteiger charge is -2.05. The van der Waals surface area contributed by atoms with Gasteiger partial charge >= 0.3 is 0 Å². The van der Waals surface area contributed by atoms with Crippen molar-refractivity contribution in [2.45, 2.75) is 38.5 Å². The summed E-state index contributed by atoms with van der Waals surface area (Å²) in [6.45, 7) is 0. The summed E-state index contributed by atoms with van der Waals surface area (Å²) in [6.07, 6.45) is 15.9. The molecule has 1 amide bonds. The molecule has 1 N–H and O–H groups in total. The molecular weight excluding hydrogens is 397 g/mol. The summed E-state index contributed by atoms with van der Waals surface area (Å²) in [4.78, 5) is 12.6. The zero-order valence-corrected chi connectivity index (χ0v) is 15.5. The molecule has 2 aliphatic carbocycles. The maximum Gasteiger partial charge on any atom is 0.228 e. The SMILES string of the molecule is O=C(Nc1ccc(I)cc1)C1[C@H]2CC/C=C/CC/C=C\CC[C@@H]12. The Balaban J connectivity index is 1.60. The van der Waals surface area contributed by atoms with E-state index in [4.69, 9.17) is 0 Å². The number of rotatable bonds is 2. The predicted molar refractivity (Wildman–Crippen MR) is 104 cm³/mol. The van der Waals surface area contributed by atoms with Gasteiger partial charge in [0.1, 0.15) is 0 Å². The van der Waals surface area contributed by atoms with Crippen LogP contribution >= 0.6 is 22.6 Å². The lowest BCUT2D eigenvalue weighted by atomic mass is 10.1. The smallest absolute Gasteiger partial charge is 0.228 e. The van der Waals surface area contributed by atoms with Crippen molar-refractivity contribution in [2.24, 2.45) is 17.8 Å². The van der Waals surface area contributed by atoms with Crippen LogP contribution in [0.1, 0.15) is 38.5 Å². The van der Waals surface area contributed by atoms with Crippen molar-refractivity contribution >= 4 is 34.2 Å². The van der Waals surface area contributed by atoms with E-state index in [-0.39, 0.29) is 11.8 Å². The Bertz CT molecular complexity index is 566. The molecule has 0 saturated heterocycles. The summed E-state index contributed by atoms with van der Waals surface area (Å²) in [5.74, 6) is 1.55. The highest BCUT2D eigenvalue weighted by Gasteiger charge is 2.52. The molecule has 0 spiro atoms. The molecule has 0 aliphatic heterocycles. The van der Waals surface area contributed by atoms with Gasteiger partial charge in [-0.25, -0.2) is 0 Å². The van der Waals surface area contributed by atoms with Gasteiger partial charge in [-0.2, -0.15) is 0 Å². The van der Waals surface area contributed by atoms with E-state index in [2.05, 4.69) is 52.2 Å². The number of allylic oxidation sites excluding steroid dienone is 4. The fourth-order valence-electron chi connectivity index (χ4n) is 3.62. The molecule has 0 aromatic heterocycles. The molecule has 0 radical (unpaired) electrons. The van der Waals surface area contributed by atoms with Crippen molar-refractivity contribution in [1.29, 1.82) is 0 Å². The Morgan fingerprint density at radius 3 is 1.96 bits per heavy atom. The number of hydrogen-bond donors (Lipinski definition) is 1. The van der Waals surface area contributed by atoms with Gasteiger partial charge in [0.2, 0.25) is 5.91 Å². The molecular formula is C20H24INO. The van der Waals surface area contributed by atoms with Crippen LogP contribution in [0.25, 0.3) is 0 Å². The van der Waals surface area contributed by atoms with Crippen LogP contribution in [0.5, 0.6) is 0 Å². The van der Waals surface area contributed by atoms with Crippen LogP contribution in [0.15, 0.2) is 48.6 Å². The van der Waals surface area contributed by atoms with E-state index < -0.39 is 0 Å². The van der Waals surface area contributed by atoms with Gasteiger partial charge in [-0.1, -0.05) is 24.3 Å². The number of carbonyl (C=O) groups is 1. The van der Waals surface area contributed by atoms with Gasteiger partial charge < -0.3 is 5.32 Å². The Morgan fingerprint density at radius 1 is 0.870 bits per heavy atom. The minimum atomic E-state index is 0.205. The van der Waals surface area contributed by atoms with E-state index in [1.54, 1.807) is 0 Å². The average Bonchev–Trinajstić information content (AvgIpc) is 3.22. The van der Waals surface area contributed by atoms with Crippen LogP contribution in [-0.4, -0.2) is 5.91 Å². The molecule has 3 atom stereocenters. The summed E-state index contributed by atoms with van der Waals surface area (Å²) in [7, 11) is 0. The Kier molecular flexibility index (Phi) is 5.92. The summed E-state index contributed by atoms with van der Waals surface area (Å²) in [5.41, 5.74) is 0.914. The minimum absolute atomic E-state index is 0.205. The molecule has 23 heavy (non-hydrogen) atoms. The van der Waals surface area contributed by atoms with Gasteiger partial charge in [-0.15, -0.1) is 0 Å². The summed E-state index contributed by atoms with van der Waals surface area (Å²) < 4.78 is 1.19. The summed E-state index contributed by atoms with van der Waals surface area (Å²) in [6, 6.07) is 8.03. The van der Waals surface area contributed by atoms with Gasteiger partial charge in [0.05, 0.1) is 0 Å². The van der Waals surface area contributed by atoms with Crippen molar-refractivity contribution in [1.82, 2.24) is 0 Å². The van der Waals surface area contributed by atoms with Gasteiger partial charge in [-0.05, 0) is 97.2 Å². The molecule has 122 valence electrons. The first-order valence-corrected chi connectivity index (χ1v) is 9.70. The zero-order chi connectivity index (χ0) is 16.1. The third kappa shape index (κ3) is 4.69. The maximum absolute atomic E-state index is 12.6. The molecule has 3 heteroatoms. The summed E-state index contributed by atoms with van der Waals surface area (Å²) in [5, 5.41) is 3.11. The van der Waals surface area contributed by atoms with Crippen molar-refractivity contribution in [2.75, 3.05) is 5.32 Å². The number of halogens is 1. The third-order valence-electron chi connectivity index (χ3n) is 4.91. The van der Waals surface area contributed by atoms with Crippen LogP contribution in [0, 0.1) is 21.3 Å². The first-order chi connectivity index (χ1) is 11.3. The number of hydrogen-bond acceptors (Lipinski definition) is 1. The topological polar surface area (TPSA) is 29.1 Å². The quantitative estimate of drug-likeness (QED) is 0.492. The van der Waals surface area contributed by atoms with Crippen molar-refractivity contribution in [3.8, 4) is 0 Å². The average molecular weight is 421 g/mol. The van der Waals surface area contributed by atoms with Crippen LogP contribution in [-0.2, 0) is 4.79 Å². The van der Waals surface area contributed by atoms with E-state index in [0.29, 0.717) is 11.8 Å². The Labute approximate surface area is 152 Å². The Morgan fingerprint density at radius 2 is 1.39 bits per heavy atom. The molecule has 3 rings (SSSR count). The highest BCUT2D eigenvalue weighted by molar-refractivity contribution is 14.1. The Hall–Kier alpha value is -1.10. The molecule has 1 fully saturated rings. The molecule has 0 bridgehead atoms. The number of carbonyl (C=O) groups excluding carboxylic acids is 1. The molecule has 1 unspecified atom stereocenters. The van der Waals surface area contributed by atoms with Gasteiger partial charge in [0.25, 0.3) is 0 Å². The number of fused-ring (bicyclic) bond motifs is 1. The van der Waals surface area contributed by atoms with E-state index in [1.807, 2.05) is 24.3 Å². The van der Waals surface area contributed by atoms with Crippen molar-refractivity contribution in [3.63, 3.8) is 0 Å². The minimum Gasteiger partial charge on any atom is -0.326 e. The number of amides is 1. The summed E-state index contributed by atoms with van der Waals surface area (Å²) >= 11 is 2.28. The lowest BCUT2D eigenvalue weighted by Crippen LogP contribution is -2.15. The number of nitrogens with one attached hydrogen (secondary N) is 1. The van der Waals surface area contributed by atoms with Crippen LogP contribution in [0.4, 0.5) is 5.69 Å². The van der Waals surface area contributed by atoms with Crippen molar-refractivity contribution in [3.05, 3.63) is 52.1 Å². The number of anilines is 1. The predicted octanol–water partition coefficient (Wildman–Crippen LogP) is 5.56. The number of benzene rings is 1. The monoisotopic (exact) mass is 421 g/mol. The molecule has 0 heterocycles. The van der Waals surface area contributed by atoms with Gasteiger partial charge in [-0.3, -0.25) is 4.79 Å². The zero-order valence-electron chi connectivity index (χ0n) is 13.4. The second kappa shape index (κ2) is 8.13. The molecule has 1 aromatic rings.